The van der Waals surface area contributed by atoms with Crippen LogP contribution >= 0.6 is 11.8 Å². The molecule has 0 aliphatic heterocycles. The third-order valence-electron chi connectivity index (χ3n) is 8.15. The Morgan fingerprint density at radius 3 is 2.19 bits per heavy atom. The Morgan fingerprint density at radius 2 is 1.28 bits per heavy atom. The molecule has 0 fully saturated rings. The lowest BCUT2D eigenvalue weighted by Gasteiger charge is -2.40. The predicted molar refractivity (Wildman–Crippen MR) is 152 cm³/mol. The largest absolute Gasteiger partial charge is 0.0901 e. The Labute approximate surface area is 216 Å². The fraction of sp³-hybridized carbons (Fsp3) is 0.0857. The standard InChI is InChI=1S/C35H24S/c1-2-12-24(13-3-1)36-25-20-21-28-26-14-4-6-17-30(26)35(33(28)22-25)31-18-7-5-15-27(31)29-16-8-10-23-11-9-19-32(35)34(23)29/h1-3,5,7-22H,4,6H2. The van der Waals surface area contributed by atoms with Crippen LogP contribution < -0.4 is 0 Å². The molecule has 0 bridgehead atoms. The SMILES string of the molecule is C1=C2C(=CCC1)C1(c3cc(Sc4ccccc4)ccc32)c2ccccc2-c2cccc3cccc1c23. The highest BCUT2D eigenvalue weighted by Crippen LogP contribution is 2.63. The monoisotopic (exact) mass is 476 g/mol. The summed E-state index contributed by atoms with van der Waals surface area (Å²) in [6.07, 6.45) is 7.22. The zero-order valence-corrected chi connectivity index (χ0v) is 20.7. The molecule has 1 atom stereocenters. The second kappa shape index (κ2) is 7.59. The molecule has 1 spiro atoms. The van der Waals surface area contributed by atoms with Crippen molar-refractivity contribution >= 4 is 28.1 Å². The van der Waals surface area contributed by atoms with Crippen molar-refractivity contribution in [3.63, 3.8) is 0 Å². The molecule has 0 saturated heterocycles. The quantitative estimate of drug-likeness (QED) is 0.244. The van der Waals surface area contributed by atoms with Gasteiger partial charge in [-0.15, -0.1) is 0 Å². The molecule has 5 aromatic rings. The number of hydrogen-bond acceptors (Lipinski definition) is 1. The molecule has 1 heteroatoms. The van der Waals surface area contributed by atoms with E-state index in [9.17, 15) is 0 Å². The lowest BCUT2D eigenvalue weighted by Crippen LogP contribution is -2.32. The third kappa shape index (κ3) is 2.61. The highest BCUT2D eigenvalue weighted by atomic mass is 32.2. The van der Waals surface area contributed by atoms with Crippen molar-refractivity contribution in [3.05, 3.63) is 149 Å². The molecule has 0 aromatic heterocycles. The summed E-state index contributed by atoms with van der Waals surface area (Å²) in [5.74, 6) is 0. The molecule has 0 radical (unpaired) electrons. The van der Waals surface area contributed by atoms with E-state index in [4.69, 9.17) is 0 Å². The van der Waals surface area contributed by atoms with Crippen molar-refractivity contribution in [2.75, 3.05) is 0 Å². The molecule has 0 nitrogen and oxygen atoms in total. The fourth-order valence-electron chi connectivity index (χ4n) is 6.84. The van der Waals surface area contributed by atoms with Crippen LogP contribution in [0.4, 0.5) is 0 Å². The maximum absolute atomic E-state index is 2.53. The van der Waals surface area contributed by atoms with Crippen LogP contribution in [0.25, 0.3) is 27.5 Å². The van der Waals surface area contributed by atoms with Gasteiger partial charge in [0, 0.05) is 9.79 Å². The van der Waals surface area contributed by atoms with Gasteiger partial charge in [0.1, 0.15) is 0 Å². The summed E-state index contributed by atoms with van der Waals surface area (Å²) in [5, 5.41) is 2.72. The van der Waals surface area contributed by atoms with Gasteiger partial charge in [-0.1, -0.05) is 109 Å². The summed E-state index contributed by atoms with van der Waals surface area (Å²) in [7, 11) is 0. The first-order valence-corrected chi connectivity index (χ1v) is 13.6. The van der Waals surface area contributed by atoms with Gasteiger partial charge < -0.3 is 0 Å². The van der Waals surface area contributed by atoms with Crippen LogP contribution in [0.1, 0.15) is 35.1 Å². The van der Waals surface area contributed by atoms with Gasteiger partial charge in [-0.25, -0.2) is 0 Å². The van der Waals surface area contributed by atoms with Crippen molar-refractivity contribution in [3.8, 4) is 11.1 Å². The van der Waals surface area contributed by atoms with Crippen molar-refractivity contribution in [1.82, 2.24) is 0 Å². The summed E-state index contributed by atoms with van der Waals surface area (Å²) in [6, 6.07) is 40.7. The van der Waals surface area contributed by atoms with E-state index < -0.39 is 0 Å². The van der Waals surface area contributed by atoms with E-state index in [1.807, 2.05) is 11.8 Å². The van der Waals surface area contributed by atoms with Crippen LogP contribution in [0.3, 0.4) is 0 Å². The Morgan fingerprint density at radius 1 is 0.528 bits per heavy atom. The molecule has 170 valence electrons. The van der Waals surface area contributed by atoms with Gasteiger partial charge >= 0.3 is 0 Å². The first-order valence-electron chi connectivity index (χ1n) is 12.8. The molecule has 36 heavy (non-hydrogen) atoms. The van der Waals surface area contributed by atoms with Gasteiger partial charge in [-0.05, 0) is 92.4 Å². The van der Waals surface area contributed by atoms with Crippen LogP contribution in [0, 0.1) is 0 Å². The second-order valence-electron chi connectivity index (χ2n) is 9.94. The van der Waals surface area contributed by atoms with Gasteiger partial charge in [0.05, 0.1) is 5.41 Å². The maximum atomic E-state index is 2.53. The number of allylic oxidation sites excluding steroid dienone is 4. The van der Waals surface area contributed by atoms with Crippen LogP contribution in [-0.4, -0.2) is 0 Å². The molecule has 3 aliphatic carbocycles. The van der Waals surface area contributed by atoms with E-state index in [1.165, 1.54) is 65.1 Å². The van der Waals surface area contributed by atoms with Crippen LogP contribution in [-0.2, 0) is 5.41 Å². The topological polar surface area (TPSA) is 0 Å². The number of fused-ring (bicyclic) bond motifs is 9. The summed E-state index contributed by atoms with van der Waals surface area (Å²) in [5.41, 5.74) is 11.0. The Hall–Kier alpha value is -3.81. The molecule has 0 heterocycles. The molecular formula is C35H24S. The van der Waals surface area contributed by atoms with Gasteiger partial charge in [-0.3, -0.25) is 0 Å². The molecule has 1 unspecified atom stereocenters. The normalized spacial score (nSPS) is 18.9. The first kappa shape index (κ1) is 20.4. The molecule has 0 saturated carbocycles. The molecule has 5 aromatic carbocycles. The van der Waals surface area contributed by atoms with E-state index in [1.54, 1.807) is 0 Å². The highest BCUT2D eigenvalue weighted by molar-refractivity contribution is 7.99. The summed E-state index contributed by atoms with van der Waals surface area (Å²) in [4.78, 5) is 2.57. The third-order valence-corrected chi connectivity index (χ3v) is 9.15. The van der Waals surface area contributed by atoms with Crippen LogP contribution in [0.5, 0.6) is 0 Å². The minimum Gasteiger partial charge on any atom is -0.0901 e. The molecule has 3 aliphatic rings. The minimum absolute atomic E-state index is 0.292. The van der Waals surface area contributed by atoms with E-state index in [0.717, 1.165) is 12.8 Å². The second-order valence-corrected chi connectivity index (χ2v) is 11.1. The van der Waals surface area contributed by atoms with Crippen LogP contribution in [0.15, 0.2) is 137 Å². The Bertz CT molecular complexity index is 1750. The van der Waals surface area contributed by atoms with Crippen molar-refractivity contribution in [1.29, 1.82) is 0 Å². The molecule has 0 amide bonds. The fourth-order valence-corrected chi connectivity index (χ4v) is 7.71. The summed E-state index contributed by atoms with van der Waals surface area (Å²) >= 11 is 1.85. The smallest absolute Gasteiger partial charge is 0.0722 e. The Balaban J connectivity index is 1.50. The van der Waals surface area contributed by atoms with Crippen LogP contribution in [0.2, 0.25) is 0 Å². The average Bonchev–Trinajstić information content (AvgIpc) is 3.22. The minimum atomic E-state index is -0.292. The van der Waals surface area contributed by atoms with E-state index in [2.05, 4.69) is 121 Å². The van der Waals surface area contributed by atoms with Crippen molar-refractivity contribution < 1.29 is 0 Å². The highest BCUT2D eigenvalue weighted by Gasteiger charge is 2.52. The molecule has 8 rings (SSSR count). The van der Waals surface area contributed by atoms with Gasteiger partial charge in [0.2, 0.25) is 0 Å². The zero-order chi connectivity index (χ0) is 23.7. The van der Waals surface area contributed by atoms with Gasteiger partial charge in [-0.2, -0.15) is 0 Å². The lowest BCUT2D eigenvalue weighted by atomic mass is 9.61. The predicted octanol–water partition coefficient (Wildman–Crippen LogP) is 9.42. The number of rotatable bonds is 2. The van der Waals surface area contributed by atoms with E-state index in [-0.39, 0.29) is 5.41 Å². The van der Waals surface area contributed by atoms with Gasteiger partial charge in [0.25, 0.3) is 0 Å². The zero-order valence-electron chi connectivity index (χ0n) is 19.9. The van der Waals surface area contributed by atoms with Crippen molar-refractivity contribution in [2.24, 2.45) is 0 Å². The van der Waals surface area contributed by atoms with E-state index in [0.29, 0.717) is 0 Å². The lowest BCUT2D eigenvalue weighted by molar-refractivity contribution is 0.761. The average molecular weight is 477 g/mol. The number of hydrogen-bond donors (Lipinski definition) is 0. The van der Waals surface area contributed by atoms with Crippen molar-refractivity contribution in [2.45, 2.75) is 28.0 Å². The van der Waals surface area contributed by atoms with Gasteiger partial charge in [0.15, 0.2) is 0 Å². The van der Waals surface area contributed by atoms with E-state index >= 15 is 0 Å². The molecule has 0 N–H and O–H groups in total. The maximum Gasteiger partial charge on any atom is 0.0722 e. The number of benzene rings is 5. The summed E-state index contributed by atoms with van der Waals surface area (Å²) < 4.78 is 0. The summed E-state index contributed by atoms with van der Waals surface area (Å²) in [6.45, 7) is 0. The molecular weight excluding hydrogens is 452 g/mol. The Kier molecular flexibility index (Phi) is 4.30. The first-order chi connectivity index (χ1) is 17.9.